The lowest BCUT2D eigenvalue weighted by Crippen LogP contribution is -2.22. The topological polar surface area (TPSA) is 74.5 Å². The molecule has 0 radical (unpaired) electrons. The maximum absolute atomic E-state index is 5.29. The van der Waals surface area contributed by atoms with Gasteiger partial charge in [0, 0.05) is 0 Å². The van der Waals surface area contributed by atoms with Gasteiger partial charge in [-0.15, -0.1) is 11.5 Å². The monoisotopic (exact) mass is 277 g/mol. The van der Waals surface area contributed by atoms with E-state index in [1.807, 2.05) is 28.8 Å². The van der Waals surface area contributed by atoms with Gasteiger partial charge in [0.1, 0.15) is 13.2 Å². The van der Waals surface area contributed by atoms with Crippen molar-refractivity contribution in [3.05, 3.63) is 30.6 Å². The Morgan fingerprint density at radius 1 is 1.33 bits per heavy atom. The van der Waals surface area contributed by atoms with Gasteiger partial charge in [0.15, 0.2) is 17.3 Å². The molecule has 102 valence electrons. The largest absolute Gasteiger partial charge is 0.337 e. The third-order valence-electron chi connectivity index (χ3n) is 3.28. The molecule has 7 nitrogen and oxygen atoms in total. The lowest BCUT2D eigenvalue weighted by atomic mass is 10.3. The van der Waals surface area contributed by atoms with E-state index in [-0.39, 0.29) is 0 Å². The van der Waals surface area contributed by atoms with Gasteiger partial charge >= 0.3 is 0 Å². The Morgan fingerprint density at radius 3 is 3.10 bits per heavy atom. The molecule has 0 saturated carbocycles. The molecule has 0 fully saturated rings. The van der Waals surface area contributed by atoms with Crippen molar-refractivity contribution in [3.8, 4) is 23.9 Å². The van der Waals surface area contributed by atoms with Crippen molar-refractivity contribution in [1.29, 1.82) is 0 Å². The molecule has 3 aromatic rings. The summed E-state index contributed by atoms with van der Waals surface area (Å²) in [6.07, 6.45) is 7.01. The first-order chi connectivity index (χ1) is 10.3. The van der Waals surface area contributed by atoms with E-state index >= 15 is 0 Å². The van der Waals surface area contributed by atoms with Gasteiger partial charge in [0.2, 0.25) is 0 Å². The van der Waals surface area contributed by atoms with Crippen LogP contribution in [0.3, 0.4) is 0 Å². The van der Waals surface area contributed by atoms with Crippen LogP contribution in [0.5, 0.6) is 0 Å². The average Bonchev–Trinajstić information content (AvgIpc) is 3.10. The van der Waals surface area contributed by atoms with Crippen LogP contribution in [0.1, 0.15) is 0 Å². The Kier molecular flexibility index (Phi) is 2.47. The number of aromatic amines is 1. The van der Waals surface area contributed by atoms with E-state index in [1.54, 1.807) is 11.3 Å². The van der Waals surface area contributed by atoms with Crippen LogP contribution in [0.4, 0.5) is 5.82 Å². The molecule has 21 heavy (non-hydrogen) atoms. The third-order valence-corrected chi connectivity index (χ3v) is 3.28. The molecule has 0 amide bonds. The first-order valence-corrected chi connectivity index (χ1v) is 6.45. The van der Waals surface area contributed by atoms with Gasteiger partial charge in [0.25, 0.3) is 0 Å². The van der Waals surface area contributed by atoms with Crippen LogP contribution in [0.15, 0.2) is 40.9 Å². The molecular weight excluding hydrogens is 266 g/mol. The van der Waals surface area contributed by atoms with Crippen LogP contribution in [0.25, 0.3) is 22.6 Å². The number of terminal acetylenes is 1. The van der Waals surface area contributed by atoms with Crippen molar-refractivity contribution in [2.75, 3.05) is 6.54 Å². The molecule has 3 heterocycles. The molecule has 2 aromatic heterocycles. The van der Waals surface area contributed by atoms with Crippen molar-refractivity contribution >= 4 is 16.9 Å². The summed E-state index contributed by atoms with van der Waals surface area (Å²) in [5.74, 6) is 3.92. The highest BCUT2D eigenvalue weighted by Gasteiger charge is 2.20. The summed E-state index contributed by atoms with van der Waals surface area (Å²) in [6.45, 7) is 0.956. The highest BCUT2D eigenvalue weighted by Crippen LogP contribution is 2.31. The SMILES string of the molecule is C#CCN1Cn2cnc(-c3nc4ccccc4[nH]3)c2N=N1. The van der Waals surface area contributed by atoms with E-state index in [1.165, 1.54) is 0 Å². The van der Waals surface area contributed by atoms with Gasteiger partial charge in [-0.2, -0.15) is 0 Å². The van der Waals surface area contributed by atoms with Gasteiger partial charge in [-0.25, -0.2) is 15.0 Å². The molecule has 1 aromatic carbocycles. The Bertz CT molecular complexity index is 847. The third kappa shape index (κ3) is 1.85. The number of para-hydroxylation sites is 2. The summed E-state index contributed by atoms with van der Waals surface area (Å²) < 4.78 is 1.90. The molecule has 1 N–H and O–H groups in total. The number of aromatic nitrogens is 4. The normalized spacial score (nSPS) is 13.4. The quantitative estimate of drug-likeness (QED) is 0.730. The second kappa shape index (κ2) is 4.45. The van der Waals surface area contributed by atoms with Gasteiger partial charge < -0.3 is 4.98 Å². The number of rotatable bonds is 2. The molecule has 0 aliphatic carbocycles. The van der Waals surface area contributed by atoms with Gasteiger partial charge in [-0.3, -0.25) is 4.57 Å². The number of nitrogens with one attached hydrogen (secondary N) is 1. The fourth-order valence-electron chi connectivity index (χ4n) is 2.31. The van der Waals surface area contributed by atoms with E-state index in [4.69, 9.17) is 6.42 Å². The molecule has 0 saturated heterocycles. The van der Waals surface area contributed by atoms with E-state index in [0.717, 1.165) is 11.0 Å². The summed E-state index contributed by atoms with van der Waals surface area (Å²) in [4.78, 5) is 12.2. The molecule has 4 rings (SSSR count). The van der Waals surface area contributed by atoms with Crippen molar-refractivity contribution in [3.63, 3.8) is 0 Å². The number of hydrogen-bond acceptors (Lipinski definition) is 5. The Labute approximate surface area is 120 Å². The summed E-state index contributed by atoms with van der Waals surface area (Å²) in [6, 6.07) is 7.84. The summed E-state index contributed by atoms with van der Waals surface area (Å²) in [5.41, 5.74) is 2.56. The van der Waals surface area contributed by atoms with Gasteiger partial charge in [-0.1, -0.05) is 23.3 Å². The van der Waals surface area contributed by atoms with Crippen molar-refractivity contribution in [2.45, 2.75) is 6.67 Å². The molecular formula is C14H11N7. The zero-order chi connectivity index (χ0) is 14.2. The average molecular weight is 277 g/mol. The maximum atomic E-state index is 5.29. The fourth-order valence-corrected chi connectivity index (χ4v) is 2.31. The number of imidazole rings is 2. The molecule has 0 bridgehead atoms. The van der Waals surface area contributed by atoms with Crippen LogP contribution in [-0.2, 0) is 6.67 Å². The van der Waals surface area contributed by atoms with Crippen LogP contribution in [0.2, 0.25) is 0 Å². The van der Waals surface area contributed by atoms with Gasteiger partial charge in [-0.05, 0) is 12.1 Å². The van der Waals surface area contributed by atoms with Gasteiger partial charge in [0.05, 0.1) is 17.4 Å². The molecule has 1 aliphatic heterocycles. The van der Waals surface area contributed by atoms with E-state index in [0.29, 0.717) is 30.5 Å². The van der Waals surface area contributed by atoms with E-state index < -0.39 is 0 Å². The summed E-state index contributed by atoms with van der Waals surface area (Å²) in [7, 11) is 0. The second-order valence-electron chi connectivity index (χ2n) is 4.69. The Balaban J connectivity index is 1.77. The smallest absolute Gasteiger partial charge is 0.189 e. The van der Waals surface area contributed by atoms with Crippen LogP contribution in [-0.4, -0.2) is 31.1 Å². The number of nitrogens with zero attached hydrogens (tertiary/aromatic N) is 6. The van der Waals surface area contributed by atoms with Crippen molar-refractivity contribution < 1.29 is 0 Å². The maximum Gasteiger partial charge on any atom is 0.189 e. The Morgan fingerprint density at radius 2 is 2.24 bits per heavy atom. The van der Waals surface area contributed by atoms with E-state index in [9.17, 15) is 0 Å². The number of H-pyrrole nitrogens is 1. The minimum atomic E-state index is 0.418. The van der Waals surface area contributed by atoms with Crippen molar-refractivity contribution in [2.24, 2.45) is 10.3 Å². The number of hydrogen-bond donors (Lipinski definition) is 1. The molecule has 0 unspecified atom stereocenters. The second-order valence-corrected chi connectivity index (χ2v) is 4.69. The first-order valence-electron chi connectivity index (χ1n) is 6.45. The first kappa shape index (κ1) is 11.7. The summed E-state index contributed by atoms with van der Waals surface area (Å²) >= 11 is 0. The minimum Gasteiger partial charge on any atom is -0.337 e. The predicted octanol–water partition coefficient (Wildman–Crippen LogP) is 2.33. The highest BCUT2D eigenvalue weighted by atomic mass is 15.6. The summed E-state index contributed by atoms with van der Waals surface area (Å²) in [5, 5.41) is 9.97. The van der Waals surface area contributed by atoms with E-state index in [2.05, 4.69) is 31.2 Å². The predicted molar refractivity (Wildman–Crippen MR) is 77.4 cm³/mol. The standard InChI is InChI=1S/C14H11N7/c1-2-7-21-9-20-8-15-12(14(20)18-19-21)13-16-10-5-3-4-6-11(10)17-13/h1,3-6,8H,7,9H2,(H,16,17). The van der Waals surface area contributed by atoms with Crippen LogP contribution in [0, 0.1) is 12.3 Å². The number of fused-ring (bicyclic) bond motifs is 2. The molecule has 7 heteroatoms. The minimum absolute atomic E-state index is 0.418. The zero-order valence-corrected chi connectivity index (χ0v) is 11.1. The number of benzene rings is 1. The van der Waals surface area contributed by atoms with Crippen LogP contribution < -0.4 is 0 Å². The molecule has 1 aliphatic rings. The lowest BCUT2D eigenvalue weighted by molar-refractivity contribution is 0.226. The highest BCUT2D eigenvalue weighted by molar-refractivity contribution is 5.80. The van der Waals surface area contributed by atoms with Crippen LogP contribution >= 0.6 is 0 Å². The lowest BCUT2D eigenvalue weighted by Gasteiger charge is -2.19. The molecule has 0 spiro atoms. The molecule has 0 atom stereocenters. The zero-order valence-electron chi connectivity index (χ0n) is 11.1. The fraction of sp³-hybridized carbons (Fsp3) is 0.143. The Hall–Kier alpha value is -3.14. The van der Waals surface area contributed by atoms with Crippen molar-refractivity contribution in [1.82, 2.24) is 24.5 Å².